The number of allylic oxidation sites excluding steroid dienone is 4. The van der Waals surface area contributed by atoms with Gasteiger partial charge in [0.1, 0.15) is 6.29 Å². The van der Waals surface area contributed by atoms with Crippen molar-refractivity contribution in [1.29, 1.82) is 0 Å². The predicted molar refractivity (Wildman–Crippen MR) is 50.5 cm³/mol. The Labute approximate surface area is 69.1 Å². The van der Waals surface area contributed by atoms with E-state index in [0.29, 0.717) is 5.57 Å². The molecule has 0 saturated heterocycles. The summed E-state index contributed by atoms with van der Waals surface area (Å²) in [6, 6.07) is 0. The van der Waals surface area contributed by atoms with Crippen LogP contribution >= 0.6 is 0 Å². The maximum atomic E-state index is 9.94. The molecule has 0 aliphatic carbocycles. The molecule has 0 spiro atoms. The van der Waals surface area contributed by atoms with Crippen LogP contribution in [0.3, 0.4) is 0 Å². The number of carbonyl (C=O) groups is 1. The first-order valence-corrected chi connectivity index (χ1v) is 3.67. The highest BCUT2D eigenvalue weighted by atomic mass is 16.1. The van der Waals surface area contributed by atoms with Gasteiger partial charge in [0.05, 0.1) is 0 Å². The SMILES string of the molecule is C=C/C=C(\C=C)C=O.CCC. The minimum Gasteiger partial charge on any atom is -0.298 e. The van der Waals surface area contributed by atoms with Crippen LogP contribution in [0.15, 0.2) is 37.0 Å². The van der Waals surface area contributed by atoms with E-state index in [9.17, 15) is 4.79 Å². The van der Waals surface area contributed by atoms with Gasteiger partial charge in [-0.05, 0) is 0 Å². The van der Waals surface area contributed by atoms with Crippen LogP contribution in [0, 0.1) is 0 Å². The third-order valence-corrected chi connectivity index (χ3v) is 0.682. The molecule has 0 amide bonds. The summed E-state index contributed by atoms with van der Waals surface area (Å²) in [7, 11) is 0. The summed E-state index contributed by atoms with van der Waals surface area (Å²) in [6.07, 6.45) is 6.61. The van der Waals surface area contributed by atoms with Gasteiger partial charge >= 0.3 is 0 Å². The van der Waals surface area contributed by atoms with Crippen molar-refractivity contribution in [2.24, 2.45) is 0 Å². The van der Waals surface area contributed by atoms with Gasteiger partial charge in [-0.25, -0.2) is 0 Å². The lowest BCUT2D eigenvalue weighted by Gasteiger charge is -1.79. The third kappa shape index (κ3) is 12.2. The van der Waals surface area contributed by atoms with Gasteiger partial charge < -0.3 is 0 Å². The second-order valence-corrected chi connectivity index (χ2v) is 1.93. The summed E-state index contributed by atoms with van der Waals surface area (Å²) in [5.74, 6) is 0. The average molecular weight is 152 g/mol. The molecule has 0 N–H and O–H groups in total. The minimum atomic E-state index is 0.556. The van der Waals surface area contributed by atoms with Gasteiger partial charge in [-0.3, -0.25) is 4.79 Å². The smallest absolute Gasteiger partial charge is 0.150 e. The normalized spacial score (nSPS) is 9.09. The standard InChI is InChI=1S/C7H8O.C3H8/c1-3-5-7(4-2)6-8;1-3-2/h3-6H,1-2H2;3H2,1-2H3/b7-5+;. The molecule has 0 bridgehead atoms. The first-order valence-electron chi connectivity index (χ1n) is 3.67. The van der Waals surface area contributed by atoms with Crippen molar-refractivity contribution in [2.75, 3.05) is 0 Å². The lowest BCUT2D eigenvalue weighted by Crippen LogP contribution is -1.73. The van der Waals surface area contributed by atoms with E-state index in [-0.39, 0.29) is 0 Å². The average Bonchev–Trinajstić information content (AvgIpc) is 2.02. The lowest BCUT2D eigenvalue weighted by molar-refractivity contribution is -0.104. The monoisotopic (exact) mass is 152 g/mol. The molecule has 1 nitrogen and oxygen atoms in total. The zero-order valence-electron chi connectivity index (χ0n) is 7.34. The Morgan fingerprint density at radius 1 is 1.36 bits per heavy atom. The highest BCUT2D eigenvalue weighted by Crippen LogP contribution is 1.88. The molecule has 1 heteroatoms. The van der Waals surface area contributed by atoms with Crippen molar-refractivity contribution in [3.05, 3.63) is 37.0 Å². The molecule has 0 unspecified atom stereocenters. The summed E-state index contributed by atoms with van der Waals surface area (Å²) in [6.45, 7) is 11.1. The first kappa shape index (κ1) is 12.6. The zero-order chi connectivity index (χ0) is 9.11. The molecule has 62 valence electrons. The molecule has 0 aliphatic heterocycles. The van der Waals surface area contributed by atoms with Crippen molar-refractivity contribution in [1.82, 2.24) is 0 Å². The van der Waals surface area contributed by atoms with Gasteiger partial charge in [-0.2, -0.15) is 0 Å². The second-order valence-electron chi connectivity index (χ2n) is 1.93. The lowest BCUT2D eigenvalue weighted by atomic mass is 10.3. The Hall–Kier alpha value is -1.11. The maximum Gasteiger partial charge on any atom is 0.150 e. The molecule has 0 heterocycles. The Kier molecular flexibility index (Phi) is 13.3. The van der Waals surface area contributed by atoms with Crippen LogP contribution in [0.4, 0.5) is 0 Å². The zero-order valence-corrected chi connectivity index (χ0v) is 7.34. The molecular formula is C10H16O. The van der Waals surface area contributed by atoms with E-state index in [1.807, 2.05) is 0 Å². The van der Waals surface area contributed by atoms with Gasteiger partial charge in [0.15, 0.2) is 0 Å². The summed E-state index contributed by atoms with van der Waals surface area (Å²) < 4.78 is 0. The van der Waals surface area contributed by atoms with Gasteiger partial charge in [0.25, 0.3) is 0 Å². The van der Waals surface area contributed by atoms with Crippen LogP contribution in [0.25, 0.3) is 0 Å². The topological polar surface area (TPSA) is 17.1 Å². The number of aldehydes is 1. The molecule has 0 aromatic rings. The van der Waals surface area contributed by atoms with Crippen LogP contribution in [-0.4, -0.2) is 6.29 Å². The minimum absolute atomic E-state index is 0.556. The third-order valence-electron chi connectivity index (χ3n) is 0.682. The van der Waals surface area contributed by atoms with E-state index in [4.69, 9.17) is 0 Å². The van der Waals surface area contributed by atoms with Crippen LogP contribution in [0.1, 0.15) is 20.3 Å². The molecule has 0 atom stereocenters. The Morgan fingerprint density at radius 2 is 1.82 bits per heavy atom. The Morgan fingerprint density at radius 3 is 1.91 bits per heavy atom. The molecule has 0 rings (SSSR count). The van der Waals surface area contributed by atoms with E-state index in [2.05, 4.69) is 27.0 Å². The van der Waals surface area contributed by atoms with Crippen LogP contribution in [-0.2, 0) is 4.79 Å². The highest BCUT2D eigenvalue weighted by Gasteiger charge is 1.79. The van der Waals surface area contributed by atoms with E-state index in [0.717, 1.165) is 6.29 Å². The van der Waals surface area contributed by atoms with E-state index in [1.165, 1.54) is 12.5 Å². The molecule has 0 fully saturated rings. The van der Waals surface area contributed by atoms with Gasteiger partial charge in [-0.1, -0.05) is 51.7 Å². The molecule has 0 aromatic carbocycles. The van der Waals surface area contributed by atoms with Crippen LogP contribution < -0.4 is 0 Å². The van der Waals surface area contributed by atoms with Gasteiger partial charge in [0, 0.05) is 5.57 Å². The number of carbonyl (C=O) groups excluding carboxylic acids is 1. The van der Waals surface area contributed by atoms with Crippen LogP contribution in [0.5, 0.6) is 0 Å². The summed E-state index contributed by atoms with van der Waals surface area (Å²) in [5.41, 5.74) is 0.556. The fourth-order valence-corrected chi connectivity index (χ4v) is 0.292. The van der Waals surface area contributed by atoms with Gasteiger partial charge in [-0.15, -0.1) is 0 Å². The summed E-state index contributed by atoms with van der Waals surface area (Å²) in [4.78, 5) is 9.94. The van der Waals surface area contributed by atoms with Crippen LogP contribution in [0.2, 0.25) is 0 Å². The molecule has 0 aliphatic rings. The van der Waals surface area contributed by atoms with Crippen molar-refractivity contribution < 1.29 is 4.79 Å². The number of rotatable bonds is 3. The number of hydrogen-bond acceptors (Lipinski definition) is 1. The predicted octanol–water partition coefficient (Wildman–Crippen LogP) is 2.90. The fourth-order valence-electron chi connectivity index (χ4n) is 0.292. The van der Waals surface area contributed by atoms with E-state index in [1.54, 1.807) is 12.2 Å². The highest BCUT2D eigenvalue weighted by molar-refractivity contribution is 5.77. The summed E-state index contributed by atoms with van der Waals surface area (Å²) >= 11 is 0. The Bertz CT molecular complexity index is 133. The van der Waals surface area contributed by atoms with Crippen molar-refractivity contribution in [2.45, 2.75) is 20.3 Å². The second kappa shape index (κ2) is 11.7. The fraction of sp³-hybridized carbons (Fsp3) is 0.300. The molecule has 0 saturated carbocycles. The maximum absolute atomic E-state index is 9.94. The summed E-state index contributed by atoms with van der Waals surface area (Å²) in [5, 5.41) is 0. The molecule has 0 radical (unpaired) electrons. The molecule has 0 aromatic heterocycles. The van der Waals surface area contributed by atoms with Crippen molar-refractivity contribution in [3.8, 4) is 0 Å². The first-order chi connectivity index (χ1) is 5.26. The molecular weight excluding hydrogens is 136 g/mol. The van der Waals surface area contributed by atoms with Gasteiger partial charge in [0.2, 0.25) is 0 Å². The van der Waals surface area contributed by atoms with Crippen molar-refractivity contribution in [3.63, 3.8) is 0 Å². The van der Waals surface area contributed by atoms with E-state index < -0.39 is 0 Å². The largest absolute Gasteiger partial charge is 0.298 e. The number of hydrogen-bond donors (Lipinski definition) is 0. The van der Waals surface area contributed by atoms with E-state index >= 15 is 0 Å². The van der Waals surface area contributed by atoms with Crippen molar-refractivity contribution >= 4 is 6.29 Å². The quantitative estimate of drug-likeness (QED) is 0.345. The molecule has 11 heavy (non-hydrogen) atoms. The Balaban J connectivity index is 0.